The van der Waals surface area contributed by atoms with Crippen molar-refractivity contribution < 1.29 is 23.6 Å². The zero-order valence-electron chi connectivity index (χ0n) is 19.6. The van der Waals surface area contributed by atoms with E-state index in [0.29, 0.717) is 17.3 Å². The number of hydrogen-bond acceptors (Lipinski definition) is 9. The van der Waals surface area contributed by atoms with E-state index < -0.39 is 29.8 Å². The van der Waals surface area contributed by atoms with Crippen molar-refractivity contribution in [3.63, 3.8) is 0 Å². The molecule has 1 unspecified atom stereocenters. The van der Waals surface area contributed by atoms with E-state index in [4.69, 9.17) is 9.26 Å². The second kappa shape index (κ2) is 11.3. The van der Waals surface area contributed by atoms with Gasteiger partial charge in [-0.15, -0.1) is 0 Å². The number of rotatable bonds is 9. The third kappa shape index (κ3) is 7.88. The lowest BCUT2D eigenvalue weighted by Gasteiger charge is -2.31. The fourth-order valence-electron chi connectivity index (χ4n) is 2.71. The molecule has 3 atom stereocenters. The van der Waals surface area contributed by atoms with Crippen molar-refractivity contribution in [2.75, 3.05) is 11.5 Å². The van der Waals surface area contributed by atoms with Gasteiger partial charge in [0.2, 0.25) is 17.7 Å². The number of carbonyl (C=O) groups is 3. The molecule has 180 valence electrons. The SMILES string of the molecule is CC(C)c1noc([C@H](CSSC[C@@H]2NC(=O)C(C(C)C)NC2=O)NC(=O)OC(C)(C)C)n1. The Kier molecular flexibility index (Phi) is 9.26. The normalized spacial score (nSPS) is 20.2. The Morgan fingerprint density at radius 3 is 2.41 bits per heavy atom. The highest BCUT2D eigenvalue weighted by atomic mass is 33.1. The Morgan fingerprint density at radius 2 is 1.84 bits per heavy atom. The average Bonchev–Trinajstić information content (AvgIpc) is 3.15. The van der Waals surface area contributed by atoms with Crippen molar-refractivity contribution in [2.45, 2.75) is 78.1 Å². The molecule has 2 rings (SSSR count). The molecule has 0 aromatic carbocycles. The topological polar surface area (TPSA) is 135 Å². The number of alkyl carbamates (subject to hydrolysis) is 1. The van der Waals surface area contributed by atoms with Crippen LogP contribution >= 0.6 is 21.6 Å². The van der Waals surface area contributed by atoms with Gasteiger partial charge < -0.3 is 25.2 Å². The van der Waals surface area contributed by atoms with E-state index in [-0.39, 0.29) is 29.5 Å². The molecule has 1 aliphatic rings. The monoisotopic (exact) mass is 487 g/mol. The predicted octanol–water partition coefficient (Wildman–Crippen LogP) is 2.78. The average molecular weight is 488 g/mol. The molecule has 3 amide bonds. The summed E-state index contributed by atoms with van der Waals surface area (Å²) in [7, 11) is 2.84. The summed E-state index contributed by atoms with van der Waals surface area (Å²) in [6, 6.07) is -1.68. The van der Waals surface area contributed by atoms with Crippen LogP contribution in [0.15, 0.2) is 4.52 Å². The number of ether oxygens (including phenoxy) is 1. The van der Waals surface area contributed by atoms with Crippen molar-refractivity contribution in [1.82, 2.24) is 26.1 Å². The molecule has 1 aliphatic heterocycles. The van der Waals surface area contributed by atoms with Gasteiger partial charge in [-0.2, -0.15) is 4.98 Å². The van der Waals surface area contributed by atoms with Gasteiger partial charge in [-0.05, 0) is 26.7 Å². The van der Waals surface area contributed by atoms with Crippen LogP contribution in [0.4, 0.5) is 4.79 Å². The molecule has 1 aromatic heterocycles. The lowest BCUT2D eigenvalue weighted by atomic mass is 10.0. The van der Waals surface area contributed by atoms with Gasteiger partial charge >= 0.3 is 6.09 Å². The van der Waals surface area contributed by atoms with Crippen LogP contribution in [0, 0.1) is 5.92 Å². The molecular formula is C20H33N5O5S2. The van der Waals surface area contributed by atoms with E-state index in [2.05, 4.69) is 26.1 Å². The van der Waals surface area contributed by atoms with Crippen molar-refractivity contribution >= 4 is 39.5 Å². The number of hydrogen-bond donors (Lipinski definition) is 3. The first kappa shape index (κ1) is 26.3. The molecule has 3 N–H and O–H groups in total. The fraction of sp³-hybridized carbons (Fsp3) is 0.750. The summed E-state index contributed by atoms with van der Waals surface area (Å²) >= 11 is 0. The molecule has 32 heavy (non-hydrogen) atoms. The third-order valence-corrected chi connectivity index (χ3v) is 6.82. The largest absolute Gasteiger partial charge is 0.444 e. The number of nitrogens with zero attached hydrogens (tertiary/aromatic N) is 2. The van der Waals surface area contributed by atoms with Crippen LogP contribution in [0.1, 0.15) is 72.1 Å². The quantitative estimate of drug-likeness (QED) is 0.355. The van der Waals surface area contributed by atoms with Gasteiger partial charge in [0.05, 0.1) is 0 Å². The zero-order valence-corrected chi connectivity index (χ0v) is 21.2. The number of aromatic nitrogens is 2. The predicted molar refractivity (Wildman–Crippen MR) is 124 cm³/mol. The van der Waals surface area contributed by atoms with Crippen molar-refractivity contribution in [3.8, 4) is 0 Å². The summed E-state index contributed by atoms with van der Waals surface area (Å²) in [5.41, 5.74) is -0.644. The minimum atomic E-state index is -0.644. The molecule has 1 aromatic rings. The van der Waals surface area contributed by atoms with Crippen LogP contribution in [0.5, 0.6) is 0 Å². The van der Waals surface area contributed by atoms with E-state index in [1.54, 1.807) is 20.8 Å². The van der Waals surface area contributed by atoms with Crippen LogP contribution in [0.2, 0.25) is 0 Å². The minimum Gasteiger partial charge on any atom is -0.444 e. The Bertz CT molecular complexity index is 809. The summed E-state index contributed by atoms with van der Waals surface area (Å²) in [4.78, 5) is 41.1. The second-order valence-electron chi connectivity index (χ2n) is 9.20. The summed E-state index contributed by atoms with van der Waals surface area (Å²) in [5, 5.41) is 12.3. The lowest BCUT2D eigenvalue weighted by molar-refractivity contribution is -0.137. The van der Waals surface area contributed by atoms with Crippen molar-refractivity contribution in [2.24, 2.45) is 5.92 Å². The van der Waals surface area contributed by atoms with Crippen LogP contribution in [0.25, 0.3) is 0 Å². The maximum Gasteiger partial charge on any atom is 0.408 e. The van der Waals surface area contributed by atoms with E-state index in [1.165, 1.54) is 21.6 Å². The summed E-state index contributed by atoms with van der Waals surface area (Å²) in [5.74, 6) is 1.36. The first-order valence-electron chi connectivity index (χ1n) is 10.6. The third-order valence-electron chi connectivity index (χ3n) is 4.40. The van der Waals surface area contributed by atoms with Crippen molar-refractivity contribution in [3.05, 3.63) is 11.7 Å². The highest BCUT2D eigenvalue weighted by Gasteiger charge is 2.35. The van der Waals surface area contributed by atoms with E-state index in [9.17, 15) is 14.4 Å². The first-order chi connectivity index (χ1) is 14.9. The molecule has 1 fully saturated rings. The van der Waals surface area contributed by atoms with Gasteiger partial charge in [-0.25, -0.2) is 4.79 Å². The van der Waals surface area contributed by atoms with Crippen LogP contribution in [0.3, 0.4) is 0 Å². The minimum absolute atomic E-state index is 0.0201. The summed E-state index contributed by atoms with van der Waals surface area (Å²) in [6.45, 7) is 13.0. The first-order valence-corrected chi connectivity index (χ1v) is 13.0. The molecule has 0 aliphatic carbocycles. The van der Waals surface area contributed by atoms with Crippen LogP contribution < -0.4 is 16.0 Å². The smallest absolute Gasteiger partial charge is 0.408 e. The molecule has 1 saturated heterocycles. The Balaban J connectivity index is 1.94. The van der Waals surface area contributed by atoms with E-state index >= 15 is 0 Å². The fourth-order valence-corrected chi connectivity index (χ4v) is 5.03. The second-order valence-corrected chi connectivity index (χ2v) is 11.8. The summed E-state index contributed by atoms with van der Waals surface area (Å²) < 4.78 is 10.7. The number of carbonyl (C=O) groups excluding carboxylic acids is 3. The zero-order chi connectivity index (χ0) is 24.1. The van der Waals surface area contributed by atoms with E-state index in [1.807, 2.05) is 27.7 Å². The maximum absolute atomic E-state index is 12.3. The number of amides is 3. The highest BCUT2D eigenvalue weighted by Crippen LogP contribution is 2.29. The molecule has 0 bridgehead atoms. The number of piperazine rings is 1. The Hall–Kier alpha value is -1.95. The van der Waals surface area contributed by atoms with Crippen molar-refractivity contribution in [1.29, 1.82) is 0 Å². The van der Waals surface area contributed by atoms with Gasteiger partial charge in [0.15, 0.2) is 5.82 Å². The van der Waals surface area contributed by atoms with Crippen LogP contribution in [-0.2, 0) is 14.3 Å². The van der Waals surface area contributed by atoms with Gasteiger partial charge in [0, 0.05) is 17.4 Å². The van der Waals surface area contributed by atoms with E-state index in [0.717, 1.165) is 0 Å². The number of nitrogens with one attached hydrogen (secondary N) is 3. The van der Waals surface area contributed by atoms with Gasteiger partial charge in [0.1, 0.15) is 23.7 Å². The molecule has 0 saturated carbocycles. The Morgan fingerprint density at radius 1 is 1.16 bits per heavy atom. The summed E-state index contributed by atoms with van der Waals surface area (Å²) in [6.07, 6.45) is -0.587. The van der Waals surface area contributed by atoms with Gasteiger partial charge in [-0.3, -0.25) is 9.59 Å². The molecule has 2 heterocycles. The van der Waals surface area contributed by atoms with Gasteiger partial charge in [-0.1, -0.05) is 54.4 Å². The maximum atomic E-state index is 12.3. The lowest BCUT2D eigenvalue weighted by Crippen LogP contribution is -2.63. The standard InChI is InChI=1S/C20H33N5O5S2/c1-10(2)14-17(27)21-12(16(26)23-14)8-31-32-9-13(22-19(28)29-20(5,6)7)18-24-15(11(3)4)25-30-18/h10-14H,8-9H2,1-7H3,(H,21,27)(H,22,28)(H,23,26)/t12-,13-,14?/m0/s1. The van der Waals surface area contributed by atoms with Crippen LogP contribution in [-0.4, -0.2) is 57.2 Å². The Labute approximate surface area is 196 Å². The van der Waals surface area contributed by atoms with Gasteiger partial charge in [0.25, 0.3) is 0 Å². The molecule has 0 spiro atoms. The molecule has 0 radical (unpaired) electrons. The molecular weight excluding hydrogens is 454 g/mol. The highest BCUT2D eigenvalue weighted by molar-refractivity contribution is 8.76. The molecule has 10 nitrogen and oxygen atoms in total. The molecule has 12 heteroatoms.